The van der Waals surface area contributed by atoms with Crippen LogP contribution < -0.4 is 5.73 Å². The van der Waals surface area contributed by atoms with Crippen LogP contribution in [-0.2, 0) is 0 Å². The van der Waals surface area contributed by atoms with Crippen LogP contribution in [0.4, 0.5) is 0 Å². The average Bonchev–Trinajstić information content (AvgIpc) is 2.67. The van der Waals surface area contributed by atoms with E-state index >= 15 is 0 Å². The number of aryl methyl sites for hydroxylation is 2. The van der Waals surface area contributed by atoms with Gasteiger partial charge in [-0.1, -0.05) is 6.92 Å². The lowest BCUT2D eigenvalue weighted by Crippen LogP contribution is -2.13. The van der Waals surface area contributed by atoms with Crippen LogP contribution in [0.3, 0.4) is 0 Å². The van der Waals surface area contributed by atoms with Crippen molar-refractivity contribution in [3.63, 3.8) is 0 Å². The Labute approximate surface area is 79.1 Å². The number of hydrogen-bond acceptors (Lipinski definition) is 2. The van der Waals surface area contributed by atoms with Crippen LogP contribution in [0.2, 0.25) is 0 Å². The van der Waals surface area contributed by atoms with Crippen molar-refractivity contribution < 1.29 is 4.42 Å². The highest BCUT2D eigenvalue weighted by Crippen LogP contribution is 2.46. The topological polar surface area (TPSA) is 39.2 Å². The molecule has 72 valence electrons. The molecule has 13 heavy (non-hydrogen) atoms. The third-order valence-corrected chi connectivity index (χ3v) is 3.07. The molecule has 1 fully saturated rings. The molecule has 1 aromatic rings. The standard InChI is InChI=1S/C11H17NO/c1-6-4-9(6)11(12)10-5-7(2)13-8(10)3/h5-6,9,11H,4,12H2,1-3H3. The molecule has 3 atom stereocenters. The van der Waals surface area contributed by atoms with Gasteiger partial charge in [-0.2, -0.15) is 0 Å². The van der Waals surface area contributed by atoms with Crippen LogP contribution in [0.15, 0.2) is 10.5 Å². The SMILES string of the molecule is Cc1cc(C(N)C2CC2C)c(C)o1. The van der Waals surface area contributed by atoms with Gasteiger partial charge in [0.25, 0.3) is 0 Å². The minimum absolute atomic E-state index is 0.187. The quantitative estimate of drug-likeness (QED) is 0.757. The van der Waals surface area contributed by atoms with Gasteiger partial charge in [0, 0.05) is 11.6 Å². The normalized spacial score (nSPS) is 28.9. The fraction of sp³-hybridized carbons (Fsp3) is 0.636. The highest BCUT2D eigenvalue weighted by Gasteiger charge is 2.39. The molecule has 2 heteroatoms. The van der Waals surface area contributed by atoms with Crippen molar-refractivity contribution in [3.8, 4) is 0 Å². The maximum Gasteiger partial charge on any atom is 0.105 e. The summed E-state index contributed by atoms with van der Waals surface area (Å²) >= 11 is 0. The number of furan rings is 1. The zero-order valence-corrected chi connectivity index (χ0v) is 8.50. The van der Waals surface area contributed by atoms with E-state index in [0.29, 0.717) is 5.92 Å². The minimum atomic E-state index is 0.187. The van der Waals surface area contributed by atoms with Crippen LogP contribution in [0.5, 0.6) is 0 Å². The van der Waals surface area contributed by atoms with Gasteiger partial charge < -0.3 is 10.2 Å². The maximum atomic E-state index is 6.14. The van der Waals surface area contributed by atoms with Crippen molar-refractivity contribution >= 4 is 0 Å². The van der Waals surface area contributed by atoms with Crippen molar-refractivity contribution in [2.24, 2.45) is 17.6 Å². The molecule has 2 rings (SSSR count). The van der Waals surface area contributed by atoms with Gasteiger partial charge in [-0.3, -0.25) is 0 Å². The number of nitrogens with two attached hydrogens (primary N) is 1. The van der Waals surface area contributed by atoms with E-state index in [1.165, 1.54) is 12.0 Å². The van der Waals surface area contributed by atoms with Crippen molar-refractivity contribution in [2.45, 2.75) is 33.2 Å². The van der Waals surface area contributed by atoms with Crippen molar-refractivity contribution in [3.05, 3.63) is 23.2 Å². The molecule has 2 nitrogen and oxygen atoms in total. The van der Waals surface area contributed by atoms with Crippen LogP contribution in [0.1, 0.15) is 36.5 Å². The molecule has 1 aliphatic carbocycles. The van der Waals surface area contributed by atoms with Gasteiger partial charge in [-0.15, -0.1) is 0 Å². The van der Waals surface area contributed by atoms with E-state index in [0.717, 1.165) is 17.4 Å². The molecule has 0 aliphatic heterocycles. The highest BCUT2D eigenvalue weighted by molar-refractivity contribution is 5.25. The van der Waals surface area contributed by atoms with Crippen LogP contribution in [0.25, 0.3) is 0 Å². The molecule has 0 saturated heterocycles. The van der Waals surface area contributed by atoms with E-state index in [2.05, 4.69) is 13.0 Å². The predicted octanol–water partition coefficient (Wildman–Crippen LogP) is 2.55. The molecule has 0 bridgehead atoms. The summed E-state index contributed by atoms with van der Waals surface area (Å²) in [4.78, 5) is 0. The summed E-state index contributed by atoms with van der Waals surface area (Å²) in [7, 11) is 0. The van der Waals surface area contributed by atoms with Gasteiger partial charge in [-0.25, -0.2) is 0 Å². The third kappa shape index (κ3) is 1.51. The first kappa shape index (κ1) is 8.82. The third-order valence-electron chi connectivity index (χ3n) is 3.07. The molecule has 2 N–H and O–H groups in total. The molecular formula is C11H17NO. The summed E-state index contributed by atoms with van der Waals surface area (Å²) in [5.41, 5.74) is 7.35. The van der Waals surface area contributed by atoms with Gasteiger partial charge in [0.1, 0.15) is 11.5 Å². The van der Waals surface area contributed by atoms with E-state index < -0.39 is 0 Å². The second kappa shape index (κ2) is 2.88. The molecule has 1 aromatic heterocycles. The Balaban J connectivity index is 2.19. The maximum absolute atomic E-state index is 6.14. The summed E-state index contributed by atoms with van der Waals surface area (Å²) in [6, 6.07) is 2.26. The average molecular weight is 179 g/mol. The molecule has 1 heterocycles. The van der Waals surface area contributed by atoms with Gasteiger partial charge in [0.05, 0.1) is 0 Å². The largest absolute Gasteiger partial charge is 0.466 e. The lowest BCUT2D eigenvalue weighted by atomic mass is 10.0. The Hall–Kier alpha value is -0.760. The summed E-state index contributed by atoms with van der Waals surface area (Å²) in [5.74, 6) is 3.43. The van der Waals surface area contributed by atoms with E-state index in [9.17, 15) is 0 Å². The van der Waals surface area contributed by atoms with Gasteiger partial charge in [-0.05, 0) is 38.2 Å². The predicted molar refractivity (Wildman–Crippen MR) is 52.4 cm³/mol. The first-order valence-electron chi connectivity index (χ1n) is 4.92. The first-order chi connectivity index (χ1) is 6.09. The summed E-state index contributed by atoms with van der Waals surface area (Å²) in [5, 5.41) is 0. The molecule has 3 unspecified atom stereocenters. The van der Waals surface area contributed by atoms with E-state index in [1.807, 2.05) is 13.8 Å². The molecule has 0 aromatic carbocycles. The second-order valence-corrected chi connectivity index (χ2v) is 4.27. The van der Waals surface area contributed by atoms with Crippen molar-refractivity contribution in [2.75, 3.05) is 0 Å². The van der Waals surface area contributed by atoms with E-state index in [1.54, 1.807) is 0 Å². The molecule has 1 aliphatic rings. The van der Waals surface area contributed by atoms with Crippen molar-refractivity contribution in [1.82, 2.24) is 0 Å². The lowest BCUT2D eigenvalue weighted by molar-refractivity contribution is 0.491. The van der Waals surface area contributed by atoms with E-state index in [-0.39, 0.29) is 6.04 Å². The van der Waals surface area contributed by atoms with E-state index in [4.69, 9.17) is 10.2 Å². The van der Waals surface area contributed by atoms with Crippen molar-refractivity contribution in [1.29, 1.82) is 0 Å². The Kier molecular flexibility index (Phi) is 1.95. The summed E-state index contributed by atoms with van der Waals surface area (Å²) in [6.07, 6.45) is 1.27. The zero-order valence-electron chi connectivity index (χ0n) is 8.50. The van der Waals surface area contributed by atoms with Gasteiger partial charge in [0.2, 0.25) is 0 Å². The molecular weight excluding hydrogens is 162 g/mol. The van der Waals surface area contributed by atoms with Crippen LogP contribution >= 0.6 is 0 Å². The molecule has 0 spiro atoms. The molecule has 0 amide bonds. The second-order valence-electron chi connectivity index (χ2n) is 4.27. The Bertz CT molecular complexity index is 316. The molecule has 0 radical (unpaired) electrons. The summed E-state index contributed by atoms with van der Waals surface area (Å²) in [6.45, 7) is 6.22. The Morgan fingerprint density at radius 3 is 2.54 bits per heavy atom. The lowest BCUT2D eigenvalue weighted by Gasteiger charge is -2.08. The molecule has 1 saturated carbocycles. The first-order valence-corrected chi connectivity index (χ1v) is 4.92. The monoisotopic (exact) mass is 179 g/mol. The van der Waals surface area contributed by atoms with Gasteiger partial charge in [0.15, 0.2) is 0 Å². The number of rotatable bonds is 2. The fourth-order valence-corrected chi connectivity index (χ4v) is 2.06. The Morgan fingerprint density at radius 1 is 1.54 bits per heavy atom. The minimum Gasteiger partial charge on any atom is -0.466 e. The number of hydrogen-bond donors (Lipinski definition) is 1. The van der Waals surface area contributed by atoms with Crippen LogP contribution in [0, 0.1) is 25.7 Å². The van der Waals surface area contributed by atoms with Gasteiger partial charge >= 0.3 is 0 Å². The Morgan fingerprint density at radius 2 is 2.15 bits per heavy atom. The highest BCUT2D eigenvalue weighted by atomic mass is 16.3. The van der Waals surface area contributed by atoms with Crippen LogP contribution in [-0.4, -0.2) is 0 Å². The zero-order chi connectivity index (χ0) is 9.59. The summed E-state index contributed by atoms with van der Waals surface area (Å²) < 4.78 is 5.47. The fourth-order valence-electron chi connectivity index (χ4n) is 2.06. The smallest absolute Gasteiger partial charge is 0.105 e.